The number of nitrogens with zero attached hydrogens (tertiary/aromatic N) is 6. The molecule has 3 aromatic heterocycles. The first-order chi connectivity index (χ1) is 13.2. The van der Waals surface area contributed by atoms with Crippen molar-refractivity contribution in [2.24, 2.45) is 0 Å². The maximum Gasteiger partial charge on any atom is 0.293 e. The van der Waals surface area contributed by atoms with E-state index < -0.39 is 0 Å². The van der Waals surface area contributed by atoms with Gasteiger partial charge in [0.25, 0.3) is 5.91 Å². The molecule has 3 aromatic rings. The number of hydrogen-bond acceptors (Lipinski definition) is 6. The van der Waals surface area contributed by atoms with E-state index in [4.69, 9.17) is 0 Å². The normalized spacial score (nSPS) is 21.1. The highest BCUT2D eigenvalue weighted by Gasteiger charge is 2.28. The van der Waals surface area contributed by atoms with Crippen LogP contribution in [0.2, 0.25) is 0 Å². The van der Waals surface area contributed by atoms with Crippen LogP contribution in [0, 0.1) is 0 Å². The highest BCUT2D eigenvalue weighted by Crippen LogP contribution is 2.42. The molecule has 1 saturated heterocycles. The van der Waals surface area contributed by atoms with Gasteiger partial charge in [0, 0.05) is 31.1 Å². The van der Waals surface area contributed by atoms with E-state index in [2.05, 4.69) is 33.8 Å². The highest BCUT2D eigenvalue weighted by atomic mass is 32.1. The largest absolute Gasteiger partial charge is 0.333 e. The quantitative estimate of drug-likeness (QED) is 0.679. The van der Waals surface area contributed by atoms with Gasteiger partial charge in [0.2, 0.25) is 5.82 Å². The van der Waals surface area contributed by atoms with Crippen LogP contribution in [0.1, 0.15) is 53.7 Å². The second kappa shape index (κ2) is 6.53. The Morgan fingerprint density at radius 1 is 1.30 bits per heavy atom. The molecule has 8 heteroatoms. The van der Waals surface area contributed by atoms with Gasteiger partial charge < -0.3 is 9.80 Å². The molecule has 1 atom stereocenters. The summed E-state index contributed by atoms with van der Waals surface area (Å²) in [5.41, 5.74) is 2.16. The van der Waals surface area contributed by atoms with Crippen molar-refractivity contribution >= 4 is 33.1 Å². The van der Waals surface area contributed by atoms with Gasteiger partial charge >= 0.3 is 0 Å². The summed E-state index contributed by atoms with van der Waals surface area (Å²) in [5.74, 6) is 0.728. The molecule has 0 radical (unpaired) electrons. The van der Waals surface area contributed by atoms with Gasteiger partial charge in [-0.15, -0.1) is 16.4 Å². The molecule has 27 heavy (non-hydrogen) atoms. The average Bonchev–Trinajstić information content (AvgIpc) is 3.29. The van der Waals surface area contributed by atoms with Gasteiger partial charge in [-0.25, -0.2) is 14.5 Å². The third-order valence-electron chi connectivity index (χ3n) is 5.97. The first-order valence-electron chi connectivity index (χ1n) is 9.84. The molecule has 0 spiro atoms. The number of carbonyl (C=O) groups is 1. The van der Waals surface area contributed by atoms with Crippen LogP contribution in [0.4, 0.5) is 0 Å². The maximum atomic E-state index is 12.9. The Morgan fingerprint density at radius 3 is 2.89 bits per heavy atom. The van der Waals surface area contributed by atoms with Crippen molar-refractivity contribution in [3.8, 4) is 0 Å². The van der Waals surface area contributed by atoms with Crippen molar-refractivity contribution < 1.29 is 4.79 Å². The predicted octanol–water partition coefficient (Wildman–Crippen LogP) is 2.56. The molecule has 5 rings (SSSR count). The Bertz CT molecular complexity index is 1020. The third kappa shape index (κ3) is 2.73. The Hall–Kier alpha value is -2.06. The number of fused-ring (bicyclic) bond motifs is 5. The number of likely N-dealkylation sites (N-methyl/N-ethyl adjacent to an activating group) is 1. The fourth-order valence-corrected chi connectivity index (χ4v) is 5.68. The van der Waals surface area contributed by atoms with Gasteiger partial charge in [-0.2, -0.15) is 0 Å². The molecule has 1 fully saturated rings. The molecule has 1 aliphatic heterocycles. The van der Waals surface area contributed by atoms with Crippen molar-refractivity contribution in [3.05, 3.63) is 22.6 Å². The molecule has 0 bridgehead atoms. The van der Waals surface area contributed by atoms with Gasteiger partial charge in [0.15, 0.2) is 5.65 Å². The summed E-state index contributed by atoms with van der Waals surface area (Å²) in [5, 5.41) is 5.58. The molecule has 1 unspecified atom stereocenters. The van der Waals surface area contributed by atoms with E-state index in [0.29, 0.717) is 5.92 Å². The van der Waals surface area contributed by atoms with Gasteiger partial charge in [0.05, 0.1) is 5.39 Å². The lowest BCUT2D eigenvalue weighted by atomic mass is 9.87. The number of aryl methyl sites for hydroxylation is 1. The molecule has 1 aliphatic carbocycles. The Kier molecular flexibility index (Phi) is 4.12. The first-order valence-corrected chi connectivity index (χ1v) is 10.7. The second-order valence-corrected chi connectivity index (χ2v) is 8.67. The summed E-state index contributed by atoms with van der Waals surface area (Å²) in [6.07, 6.45) is 5.25. The second-order valence-electron chi connectivity index (χ2n) is 7.59. The number of aromatic nitrogens is 4. The van der Waals surface area contributed by atoms with E-state index in [1.807, 2.05) is 4.90 Å². The lowest BCUT2D eigenvalue weighted by Crippen LogP contribution is -2.48. The zero-order valence-corrected chi connectivity index (χ0v) is 16.6. The van der Waals surface area contributed by atoms with E-state index in [1.54, 1.807) is 22.2 Å². The van der Waals surface area contributed by atoms with E-state index in [9.17, 15) is 4.79 Å². The first kappa shape index (κ1) is 17.1. The molecular formula is C19H24N6OS. The fraction of sp³-hybridized carbons (Fsp3) is 0.579. The number of carbonyl (C=O) groups excluding carboxylic acids is 1. The fourth-order valence-electron chi connectivity index (χ4n) is 4.38. The van der Waals surface area contributed by atoms with E-state index >= 15 is 0 Å². The summed E-state index contributed by atoms with van der Waals surface area (Å²) >= 11 is 1.77. The maximum absolute atomic E-state index is 12.9. The zero-order chi connectivity index (χ0) is 18.5. The number of thiophene rings is 1. The highest BCUT2D eigenvalue weighted by molar-refractivity contribution is 7.19. The summed E-state index contributed by atoms with van der Waals surface area (Å²) in [7, 11) is 0. The van der Waals surface area contributed by atoms with E-state index in [0.717, 1.165) is 55.0 Å². The van der Waals surface area contributed by atoms with Crippen molar-refractivity contribution in [1.82, 2.24) is 29.4 Å². The molecule has 0 N–H and O–H groups in total. The minimum Gasteiger partial charge on any atom is -0.333 e. The van der Waals surface area contributed by atoms with Gasteiger partial charge in [-0.3, -0.25) is 4.79 Å². The van der Waals surface area contributed by atoms with Crippen LogP contribution in [0.15, 0.2) is 6.33 Å². The predicted molar refractivity (Wildman–Crippen MR) is 106 cm³/mol. The zero-order valence-electron chi connectivity index (χ0n) is 15.8. The van der Waals surface area contributed by atoms with Crippen LogP contribution in [0.3, 0.4) is 0 Å². The molecule has 7 nitrogen and oxygen atoms in total. The monoisotopic (exact) mass is 384 g/mol. The Labute approximate surface area is 162 Å². The minimum atomic E-state index is -0.0697. The standard InChI is InChI=1S/C19H24N6OS/c1-3-23-7-9-24(10-8-23)19(26)16-21-17-15-14-12(2)5-4-6-13(14)27-18(15)20-11-25(17)22-16/h11-12H,3-10H2,1-2H3. The summed E-state index contributed by atoms with van der Waals surface area (Å²) in [4.78, 5) is 28.9. The number of piperazine rings is 1. The number of rotatable bonds is 2. The molecule has 0 aromatic carbocycles. The van der Waals surface area contributed by atoms with Crippen LogP contribution in [0.5, 0.6) is 0 Å². The van der Waals surface area contributed by atoms with Crippen molar-refractivity contribution in [1.29, 1.82) is 0 Å². The van der Waals surface area contributed by atoms with Crippen LogP contribution in [0.25, 0.3) is 15.9 Å². The van der Waals surface area contributed by atoms with E-state index in [1.165, 1.54) is 23.3 Å². The lowest BCUT2D eigenvalue weighted by molar-refractivity contribution is 0.0631. The number of amides is 1. The lowest BCUT2D eigenvalue weighted by Gasteiger charge is -2.33. The Balaban J connectivity index is 1.55. The molecule has 4 heterocycles. The van der Waals surface area contributed by atoms with Crippen LogP contribution >= 0.6 is 11.3 Å². The molecular weight excluding hydrogens is 360 g/mol. The summed E-state index contributed by atoms with van der Waals surface area (Å²) in [6, 6.07) is 0. The van der Waals surface area contributed by atoms with E-state index in [-0.39, 0.29) is 11.7 Å². The van der Waals surface area contributed by atoms with Crippen molar-refractivity contribution in [2.75, 3.05) is 32.7 Å². The van der Waals surface area contributed by atoms with Gasteiger partial charge in [0.1, 0.15) is 11.2 Å². The number of hydrogen-bond donors (Lipinski definition) is 0. The smallest absolute Gasteiger partial charge is 0.293 e. The SMILES string of the molecule is CCN1CCN(C(=O)c2nc3c4c5c(sc4ncn3n2)CCCC5C)CC1. The minimum absolute atomic E-state index is 0.0697. The van der Waals surface area contributed by atoms with Crippen LogP contribution in [-0.2, 0) is 6.42 Å². The topological polar surface area (TPSA) is 66.6 Å². The Morgan fingerprint density at radius 2 is 2.11 bits per heavy atom. The molecule has 0 saturated carbocycles. The van der Waals surface area contributed by atoms with Gasteiger partial charge in [-0.1, -0.05) is 13.8 Å². The third-order valence-corrected chi connectivity index (χ3v) is 7.15. The summed E-state index contributed by atoms with van der Waals surface area (Å²) < 4.78 is 1.69. The molecule has 1 amide bonds. The van der Waals surface area contributed by atoms with Crippen molar-refractivity contribution in [3.63, 3.8) is 0 Å². The molecule has 2 aliphatic rings. The summed E-state index contributed by atoms with van der Waals surface area (Å²) in [6.45, 7) is 8.76. The van der Waals surface area contributed by atoms with Crippen LogP contribution < -0.4 is 0 Å². The average molecular weight is 385 g/mol. The van der Waals surface area contributed by atoms with Crippen LogP contribution in [-0.4, -0.2) is 68.0 Å². The molecule has 142 valence electrons. The van der Waals surface area contributed by atoms with Gasteiger partial charge in [-0.05, 0) is 37.3 Å². The van der Waals surface area contributed by atoms with Crippen molar-refractivity contribution in [2.45, 2.75) is 39.0 Å².